The van der Waals surface area contributed by atoms with Gasteiger partial charge in [0.15, 0.2) is 5.82 Å². The van der Waals surface area contributed by atoms with Crippen molar-refractivity contribution < 1.29 is 0 Å². The minimum atomic E-state index is 0.786. The zero-order chi connectivity index (χ0) is 14.1. The SMILES string of the molecule is CCc1nc(-c2ccc(C3CC3)cc2)nc(NC)c1Br. The second-order valence-corrected chi connectivity index (χ2v) is 5.95. The zero-order valence-electron chi connectivity index (χ0n) is 11.8. The van der Waals surface area contributed by atoms with Gasteiger partial charge in [-0.25, -0.2) is 9.97 Å². The first-order valence-electron chi connectivity index (χ1n) is 7.07. The number of hydrogen-bond acceptors (Lipinski definition) is 3. The van der Waals surface area contributed by atoms with Crippen molar-refractivity contribution in [3.63, 3.8) is 0 Å². The van der Waals surface area contributed by atoms with Crippen LogP contribution < -0.4 is 5.32 Å². The second-order valence-electron chi connectivity index (χ2n) is 5.16. The molecule has 3 rings (SSSR count). The van der Waals surface area contributed by atoms with Gasteiger partial charge in [0.1, 0.15) is 5.82 Å². The van der Waals surface area contributed by atoms with Crippen molar-refractivity contribution >= 4 is 21.7 Å². The van der Waals surface area contributed by atoms with Gasteiger partial charge in [0.2, 0.25) is 0 Å². The Morgan fingerprint density at radius 2 is 1.90 bits per heavy atom. The molecule has 0 radical (unpaired) electrons. The third kappa shape index (κ3) is 2.57. The highest BCUT2D eigenvalue weighted by Gasteiger charge is 2.23. The molecule has 2 aromatic rings. The first kappa shape index (κ1) is 13.6. The van der Waals surface area contributed by atoms with Gasteiger partial charge in [-0.3, -0.25) is 0 Å². The lowest BCUT2D eigenvalue weighted by atomic mass is 10.1. The van der Waals surface area contributed by atoms with Crippen LogP contribution in [-0.4, -0.2) is 17.0 Å². The van der Waals surface area contributed by atoms with Crippen molar-refractivity contribution in [2.24, 2.45) is 0 Å². The van der Waals surface area contributed by atoms with E-state index in [0.717, 1.165) is 39.7 Å². The van der Waals surface area contributed by atoms with Gasteiger partial charge in [-0.05, 0) is 46.7 Å². The molecule has 1 fully saturated rings. The van der Waals surface area contributed by atoms with Crippen molar-refractivity contribution in [1.29, 1.82) is 0 Å². The Morgan fingerprint density at radius 1 is 1.20 bits per heavy atom. The van der Waals surface area contributed by atoms with Crippen LogP contribution in [0.4, 0.5) is 5.82 Å². The quantitative estimate of drug-likeness (QED) is 0.902. The van der Waals surface area contributed by atoms with E-state index in [9.17, 15) is 0 Å². The van der Waals surface area contributed by atoms with Gasteiger partial charge in [-0.1, -0.05) is 31.2 Å². The molecule has 1 heterocycles. The molecule has 0 bridgehead atoms. The summed E-state index contributed by atoms with van der Waals surface area (Å²) in [5.41, 5.74) is 3.55. The first-order valence-corrected chi connectivity index (χ1v) is 7.86. The first-order chi connectivity index (χ1) is 9.72. The second kappa shape index (κ2) is 5.52. The highest BCUT2D eigenvalue weighted by atomic mass is 79.9. The molecule has 1 N–H and O–H groups in total. The predicted octanol–water partition coefficient (Wildman–Crippen LogP) is 4.39. The van der Waals surface area contributed by atoms with Crippen LogP contribution in [0.15, 0.2) is 28.7 Å². The van der Waals surface area contributed by atoms with Crippen LogP contribution in [0, 0.1) is 0 Å². The summed E-state index contributed by atoms with van der Waals surface area (Å²) < 4.78 is 0.959. The number of rotatable bonds is 4. The summed E-state index contributed by atoms with van der Waals surface area (Å²) in [6, 6.07) is 8.69. The molecule has 0 atom stereocenters. The maximum absolute atomic E-state index is 4.66. The highest BCUT2D eigenvalue weighted by molar-refractivity contribution is 9.10. The highest BCUT2D eigenvalue weighted by Crippen LogP contribution is 2.40. The summed E-state index contributed by atoms with van der Waals surface area (Å²) in [5, 5.41) is 3.12. The smallest absolute Gasteiger partial charge is 0.161 e. The van der Waals surface area contributed by atoms with E-state index in [1.165, 1.54) is 18.4 Å². The molecule has 1 aromatic heterocycles. The van der Waals surface area contributed by atoms with Gasteiger partial charge < -0.3 is 5.32 Å². The Balaban J connectivity index is 1.99. The Labute approximate surface area is 128 Å². The molecule has 4 heteroatoms. The molecule has 1 aromatic carbocycles. The van der Waals surface area contributed by atoms with Gasteiger partial charge in [0.25, 0.3) is 0 Å². The molecule has 20 heavy (non-hydrogen) atoms. The molecule has 0 aliphatic heterocycles. The Kier molecular flexibility index (Phi) is 3.74. The molecule has 104 valence electrons. The molecular weight excluding hydrogens is 314 g/mol. The minimum absolute atomic E-state index is 0.786. The summed E-state index contributed by atoms with van der Waals surface area (Å²) in [6.07, 6.45) is 3.54. The fourth-order valence-corrected chi connectivity index (χ4v) is 3.00. The van der Waals surface area contributed by atoms with Crippen molar-refractivity contribution in [1.82, 2.24) is 9.97 Å². The van der Waals surface area contributed by atoms with Crippen LogP contribution in [0.25, 0.3) is 11.4 Å². The van der Waals surface area contributed by atoms with E-state index in [2.05, 4.69) is 62.4 Å². The molecule has 0 saturated heterocycles. The standard InChI is InChI=1S/C16H18BrN3/c1-3-13-14(17)16(18-2)20-15(19-13)12-8-6-11(7-9-12)10-4-5-10/h6-10H,3-5H2,1-2H3,(H,18,19,20). The zero-order valence-corrected chi connectivity index (χ0v) is 13.4. The largest absolute Gasteiger partial charge is 0.372 e. The monoisotopic (exact) mass is 331 g/mol. The number of hydrogen-bond donors (Lipinski definition) is 1. The van der Waals surface area contributed by atoms with E-state index in [4.69, 9.17) is 0 Å². The average molecular weight is 332 g/mol. The van der Waals surface area contributed by atoms with Crippen molar-refractivity contribution in [3.8, 4) is 11.4 Å². The molecule has 0 amide bonds. The summed E-state index contributed by atoms with van der Waals surface area (Å²) in [4.78, 5) is 9.25. The molecule has 0 spiro atoms. The molecule has 3 nitrogen and oxygen atoms in total. The molecule has 1 aliphatic rings. The fourth-order valence-electron chi connectivity index (χ4n) is 2.34. The van der Waals surface area contributed by atoms with Gasteiger partial charge in [-0.15, -0.1) is 0 Å². The normalized spacial score (nSPS) is 14.3. The topological polar surface area (TPSA) is 37.8 Å². The van der Waals surface area contributed by atoms with E-state index in [1.54, 1.807) is 0 Å². The lowest BCUT2D eigenvalue weighted by Crippen LogP contribution is -2.02. The number of benzene rings is 1. The maximum Gasteiger partial charge on any atom is 0.161 e. The van der Waals surface area contributed by atoms with E-state index in [0.29, 0.717) is 0 Å². The van der Waals surface area contributed by atoms with Crippen molar-refractivity contribution in [2.45, 2.75) is 32.1 Å². The van der Waals surface area contributed by atoms with Crippen LogP contribution in [0.3, 0.4) is 0 Å². The van der Waals surface area contributed by atoms with Crippen LogP contribution in [-0.2, 0) is 6.42 Å². The Hall–Kier alpha value is -1.42. The lowest BCUT2D eigenvalue weighted by Gasteiger charge is -2.10. The number of aryl methyl sites for hydroxylation is 1. The lowest BCUT2D eigenvalue weighted by molar-refractivity contribution is 0.991. The van der Waals surface area contributed by atoms with Gasteiger partial charge in [0.05, 0.1) is 10.2 Å². The van der Waals surface area contributed by atoms with E-state index >= 15 is 0 Å². The number of aromatic nitrogens is 2. The third-order valence-electron chi connectivity index (χ3n) is 3.71. The number of anilines is 1. The van der Waals surface area contributed by atoms with Crippen molar-refractivity contribution in [3.05, 3.63) is 40.0 Å². The summed E-state index contributed by atoms with van der Waals surface area (Å²) in [7, 11) is 1.88. The molecular formula is C16H18BrN3. The van der Waals surface area contributed by atoms with E-state index in [1.807, 2.05) is 7.05 Å². The molecule has 1 saturated carbocycles. The summed E-state index contributed by atoms with van der Waals surface area (Å²) in [5.74, 6) is 2.42. The number of nitrogens with zero attached hydrogens (tertiary/aromatic N) is 2. The van der Waals surface area contributed by atoms with E-state index < -0.39 is 0 Å². The molecule has 0 unspecified atom stereocenters. The summed E-state index contributed by atoms with van der Waals surface area (Å²) >= 11 is 3.56. The van der Waals surface area contributed by atoms with Crippen LogP contribution in [0.5, 0.6) is 0 Å². The Bertz CT molecular complexity index is 593. The van der Waals surface area contributed by atoms with Crippen LogP contribution >= 0.6 is 15.9 Å². The maximum atomic E-state index is 4.66. The van der Waals surface area contributed by atoms with E-state index in [-0.39, 0.29) is 0 Å². The number of nitrogens with one attached hydrogen (secondary N) is 1. The predicted molar refractivity (Wildman–Crippen MR) is 86.1 cm³/mol. The fraction of sp³-hybridized carbons (Fsp3) is 0.375. The average Bonchev–Trinajstić information content (AvgIpc) is 3.32. The van der Waals surface area contributed by atoms with Crippen LogP contribution in [0.1, 0.15) is 36.9 Å². The van der Waals surface area contributed by atoms with Gasteiger partial charge in [0, 0.05) is 12.6 Å². The summed E-state index contributed by atoms with van der Waals surface area (Å²) in [6.45, 7) is 2.10. The molecule has 1 aliphatic carbocycles. The minimum Gasteiger partial charge on any atom is -0.372 e. The van der Waals surface area contributed by atoms with Gasteiger partial charge in [-0.2, -0.15) is 0 Å². The Morgan fingerprint density at radius 3 is 2.45 bits per heavy atom. The van der Waals surface area contributed by atoms with Crippen LogP contribution in [0.2, 0.25) is 0 Å². The third-order valence-corrected chi connectivity index (χ3v) is 4.54. The van der Waals surface area contributed by atoms with Gasteiger partial charge >= 0.3 is 0 Å². The number of halogens is 1. The van der Waals surface area contributed by atoms with Crippen molar-refractivity contribution in [2.75, 3.05) is 12.4 Å².